The number of carbonyl (C=O) groups excluding carboxylic acids is 1. The van der Waals surface area contributed by atoms with Crippen molar-refractivity contribution in [2.45, 2.75) is 25.5 Å². The van der Waals surface area contributed by atoms with Crippen molar-refractivity contribution in [3.8, 4) is 0 Å². The highest BCUT2D eigenvalue weighted by molar-refractivity contribution is 7.91. The largest absolute Gasteiger partial charge is 0.397 e. The summed E-state index contributed by atoms with van der Waals surface area (Å²) in [4.78, 5) is 11.7. The molecule has 0 atom stereocenters. The number of nitrogens with two attached hydrogens (primary N) is 1. The maximum Gasteiger partial charge on any atom is 0.225 e. The van der Waals surface area contributed by atoms with Crippen molar-refractivity contribution in [2.75, 3.05) is 16.8 Å². The summed E-state index contributed by atoms with van der Waals surface area (Å²) in [5.74, 6) is -0.567. The highest BCUT2D eigenvalue weighted by Gasteiger charge is 2.18. The molecule has 1 aromatic rings. The molecule has 0 aliphatic heterocycles. The second kappa shape index (κ2) is 6.25. The Bertz CT molecular complexity index is 570. The Kier molecular flexibility index (Phi) is 5.20. The van der Waals surface area contributed by atoms with Crippen LogP contribution < -0.4 is 11.1 Å². The zero-order valence-electron chi connectivity index (χ0n) is 10.8. The lowest BCUT2D eigenvalue weighted by atomic mass is 10.2. The van der Waals surface area contributed by atoms with Crippen LogP contribution in [0.5, 0.6) is 0 Å². The molecule has 0 saturated carbocycles. The number of amides is 1. The van der Waals surface area contributed by atoms with Gasteiger partial charge in [0.1, 0.15) is 0 Å². The van der Waals surface area contributed by atoms with E-state index in [1.165, 1.54) is 6.07 Å². The van der Waals surface area contributed by atoms with E-state index in [-0.39, 0.29) is 12.2 Å². The molecule has 0 radical (unpaired) electrons. The summed E-state index contributed by atoms with van der Waals surface area (Å²) < 4.78 is 23.2. The Morgan fingerprint density at radius 3 is 2.58 bits per heavy atom. The van der Waals surface area contributed by atoms with Crippen molar-refractivity contribution in [2.24, 2.45) is 0 Å². The van der Waals surface area contributed by atoms with Gasteiger partial charge >= 0.3 is 0 Å². The quantitative estimate of drug-likeness (QED) is 0.815. The van der Waals surface area contributed by atoms with Gasteiger partial charge in [-0.1, -0.05) is 11.6 Å². The van der Waals surface area contributed by atoms with Crippen LogP contribution in [0, 0.1) is 0 Å². The number of halogens is 1. The van der Waals surface area contributed by atoms with Gasteiger partial charge in [-0.05, 0) is 32.0 Å². The van der Waals surface area contributed by atoms with Crippen molar-refractivity contribution >= 4 is 38.7 Å². The number of anilines is 2. The molecule has 0 aliphatic rings. The molecule has 1 rings (SSSR count). The van der Waals surface area contributed by atoms with Crippen LogP contribution in [0.25, 0.3) is 0 Å². The van der Waals surface area contributed by atoms with E-state index < -0.39 is 21.0 Å². The van der Waals surface area contributed by atoms with Crippen LogP contribution >= 0.6 is 11.6 Å². The smallest absolute Gasteiger partial charge is 0.225 e. The minimum absolute atomic E-state index is 0.0947. The first kappa shape index (κ1) is 15.8. The molecule has 0 aliphatic carbocycles. The number of nitrogen functional groups attached to an aromatic ring is 1. The van der Waals surface area contributed by atoms with E-state index in [0.717, 1.165) is 0 Å². The van der Waals surface area contributed by atoms with Crippen molar-refractivity contribution in [3.05, 3.63) is 23.2 Å². The third kappa shape index (κ3) is 4.72. The molecular weight excluding hydrogens is 288 g/mol. The van der Waals surface area contributed by atoms with Gasteiger partial charge in [0.15, 0.2) is 9.84 Å². The molecule has 106 valence electrons. The number of hydrogen-bond acceptors (Lipinski definition) is 4. The third-order valence-electron chi connectivity index (χ3n) is 2.62. The SMILES string of the molecule is CC(C)S(=O)(=O)CCC(=O)Nc1ccc(Cl)cc1N. The van der Waals surface area contributed by atoms with Crippen LogP contribution in [0.4, 0.5) is 11.4 Å². The number of rotatable bonds is 5. The number of benzene rings is 1. The summed E-state index contributed by atoms with van der Waals surface area (Å²) in [5.41, 5.74) is 6.45. The lowest BCUT2D eigenvalue weighted by Crippen LogP contribution is -2.22. The van der Waals surface area contributed by atoms with Crippen LogP contribution in [0.3, 0.4) is 0 Å². The Labute approximate surface area is 118 Å². The van der Waals surface area contributed by atoms with Gasteiger partial charge in [0.2, 0.25) is 5.91 Å². The number of nitrogens with one attached hydrogen (secondary N) is 1. The fourth-order valence-electron chi connectivity index (χ4n) is 1.33. The zero-order valence-corrected chi connectivity index (χ0v) is 12.4. The molecule has 1 amide bonds. The van der Waals surface area contributed by atoms with E-state index in [0.29, 0.717) is 16.4 Å². The molecule has 0 spiro atoms. The first-order valence-corrected chi connectivity index (χ1v) is 7.88. The van der Waals surface area contributed by atoms with E-state index in [1.807, 2.05) is 0 Å². The van der Waals surface area contributed by atoms with E-state index >= 15 is 0 Å². The molecule has 0 unspecified atom stereocenters. The van der Waals surface area contributed by atoms with Crippen molar-refractivity contribution in [3.63, 3.8) is 0 Å². The summed E-state index contributed by atoms with van der Waals surface area (Å²) >= 11 is 5.74. The van der Waals surface area contributed by atoms with Gasteiger partial charge in [0, 0.05) is 11.4 Å². The van der Waals surface area contributed by atoms with Crippen molar-refractivity contribution in [1.29, 1.82) is 0 Å². The fraction of sp³-hybridized carbons (Fsp3) is 0.417. The molecule has 0 saturated heterocycles. The Balaban J connectivity index is 2.62. The molecule has 0 fully saturated rings. The highest BCUT2D eigenvalue weighted by Crippen LogP contribution is 2.22. The molecule has 0 bridgehead atoms. The van der Waals surface area contributed by atoms with Crippen LogP contribution in [0.1, 0.15) is 20.3 Å². The monoisotopic (exact) mass is 304 g/mol. The third-order valence-corrected chi connectivity index (χ3v) is 5.06. The van der Waals surface area contributed by atoms with Crippen molar-refractivity contribution in [1.82, 2.24) is 0 Å². The van der Waals surface area contributed by atoms with E-state index in [4.69, 9.17) is 17.3 Å². The van der Waals surface area contributed by atoms with Gasteiger partial charge in [0.25, 0.3) is 0 Å². The first-order valence-electron chi connectivity index (χ1n) is 5.79. The second-order valence-electron chi connectivity index (χ2n) is 4.45. The Morgan fingerprint density at radius 2 is 2.05 bits per heavy atom. The lowest BCUT2D eigenvalue weighted by molar-refractivity contribution is -0.115. The maximum absolute atomic E-state index is 11.7. The van der Waals surface area contributed by atoms with Crippen molar-refractivity contribution < 1.29 is 13.2 Å². The van der Waals surface area contributed by atoms with Gasteiger partial charge in [-0.2, -0.15) is 0 Å². The summed E-state index contributed by atoms with van der Waals surface area (Å²) in [7, 11) is -3.22. The molecule has 0 heterocycles. The van der Waals surface area contributed by atoms with E-state index in [2.05, 4.69) is 5.32 Å². The molecule has 1 aromatic carbocycles. The van der Waals surface area contributed by atoms with Crippen LogP contribution in [0.2, 0.25) is 5.02 Å². The minimum Gasteiger partial charge on any atom is -0.397 e. The predicted molar refractivity (Wildman–Crippen MR) is 78.0 cm³/mol. The number of sulfone groups is 1. The molecule has 7 heteroatoms. The zero-order chi connectivity index (χ0) is 14.6. The fourth-order valence-corrected chi connectivity index (χ4v) is 2.45. The molecule has 3 N–H and O–H groups in total. The Morgan fingerprint density at radius 1 is 1.42 bits per heavy atom. The normalized spacial score (nSPS) is 11.6. The van der Waals surface area contributed by atoms with Gasteiger partial charge in [-0.3, -0.25) is 4.79 Å². The summed E-state index contributed by atoms with van der Waals surface area (Å²) in [6, 6.07) is 4.69. The van der Waals surface area contributed by atoms with Crippen LogP contribution in [0.15, 0.2) is 18.2 Å². The van der Waals surface area contributed by atoms with Gasteiger partial charge in [0.05, 0.1) is 22.4 Å². The molecule has 0 aromatic heterocycles. The Hall–Kier alpha value is -1.27. The lowest BCUT2D eigenvalue weighted by Gasteiger charge is -2.10. The van der Waals surface area contributed by atoms with Crippen LogP contribution in [-0.2, 0) is 14.6 Å². The van der Waals surface area contributed by atoms with Crippen LogP contribution in [-0.4, -0.2) is 25.3 Å². The highest BCUT2D eigenvalue weighted by atomic mass is 35.5. The summed E-state index contributed by atoms with van der Waals surface area (Å²) in [6.07, 6.45) is -0.0947. The van der Waals surface area contributed by atoms with E-state index in [9.17, 15) is 13.2 Å². The molecule has 5 nitrogen and oxygen atoms in total. The van der Waals surface area contributed by atoms with Gasteiger partial charge < -0.3 is 11.1 Å². The summed E-state index contributed by atoms with van der Waals surface area (Å²) in [6.45, 7) is 3.18. The predicted octanol–water partition coefficient (Wildman–Crippen LogP) is 2.07. The van der Waals surface area contributed by atoms with Gasteiger partial charge in [-0.25, -0.2) is 8.42 Å². The number of carbonyl (C=O) groups is 1. The topological polar surface area (TPSA) is 89.3 Å². The number of hydrogen-bond donors (Lipinski definition) is 2. The second-order valence-corrected chi connectivity index (χ2v) is 7.56. The average Bonchev–Trinajstić information content (AvgIpc) is 2.30. The first-order chi connectivity index (χ1) is 8.72. The molecule has 19 heavy (non-hydrogen) atoms. The van der Waals surface area contributed by atoms with Gasteiger partial charge in [-0.15, -0.1) is 0 Å². The average molecular weight is 305 g/mol. The molecular formula is C12H17ClN2O3S. The summed E-state index contributed by atoms with van der Waals surface area (Å²) in [5, 5.41) is 2.55. The standard InChI is InChI=1S/C12H17ClN2O3S/c1-8(2)19(17,18)6-5-12(16)15-11-4-3-9(13)7-10(11)14/h3-4,7-8H,5-6,14H2,1-2H3,(H,15,16). The minimum atomic E-state index is -3.22. The van der Waals surface area contributed by atoms with E-state index in [1.54, 1.807) is 26.0 Å². The maximum atomic E-state index is 11.7.